The van der Waals surface area contributed by atoms with Crippen LogP contribution in [0.5, 0.6) is 5.75 Å². The highest BCUT2D eigenvalue weighted by molar-refractivity contribution is 7.92. The molecule has 1 aromatic carbocycles. The number of nitrogens with zero attached hydrogens (tertiary/aromatic N) is 4. The van der Waals surface area contributed by atoms with Crippen LogP contribution in [0.25, 0.3) is 0 Å². The highest BCUT2D eigenvalue weighted by atomic mass is 32.2. The predicted molar refractivity (Wildman–Crippen MR) is 133 cm³/mol. The minimum absolute atomic E-state index is 0.0997. The van der Waals surface area contributed by atoms with Gasteiger partial charge in [0.25, 0.3) is 5.91 Å². The number of carbonyl (C=O) groups excluding carboxylic acids is 1. The number of amides is 1. The third-order valence-electron chi connectivity index (χ3n) is 4.80. The van der Waals surface area contributed by atoms with Gasteiger partial charge in [-0.25, -0.2) is 23.9 Å². The number of hydrogen-bond donors (Lipinski definition) is 2. The smallest absolute Gasteiger partial charge is 0.295 e. The summed E-state index contributed by atoms with van der Waals surface area (Å²) in [6, 6.07) is 6.70. The number of thiazole rings is 1. The molecule has 0 bridgehead atoms. The fourth-order valence-electron chi connectivity index (χ4n) is 3.05. The molecule has 0 radical (unpaired) electrons. The Hall–Kier alpha value is -3.42. The van der Waals surface area contributed by atoms with Gasteiger partial charge in [0.1, 0.15) is 5.75 Å². The first-order chi connectivity index (χ1) is 16.2. The van der Waals surface area contributed by atoms with Crippen LogP contribution < -0.4 is 24.7 Å². The first-order valence-electron chi connectivity index (χ1n) is 10.1. The summed E-state index contributed by atoms with van der Waals surface area (Å²) in [5.41, 5.74) is 4.24. The normalized spacial score (nSPS) is 11.1. The van der Waals surface area contributed by atoms with Gasteiger partial charge in [0.15, 0.2) is 10.8 Å². The van der Waals surface area contributed by atoms with E-state index in [1.165, 1.54) is 31.7 Å². The van der Waals surface area contributed by atoms with Crippen LogP contribution in [0.4, 0.5) is 27.9 Å². The maximum atomic E-state index is 12.8. The fourth-order valence-corrected chi connectivity index (χ4v) is 4.18. The van der Waals surface area contributed by atoms with Gasteiger partial charge in [0, 0.05) is 37.9 Å². The molecule has 0 aliphatic rings. The minimum atomic E-state index is -3.56. The first kappa shape index (κ1) is 25.2. The lowest BCUT2D eigenvalue weighted by Crippen LogP contribution is -2.28. The van der Waals surface area contributed by atoms with Crippen LogP contribution in [0.3, 0.4) is 0 Å². The van der Waals surface area contributed by atoms with Gasteiger partial charge < -0.3 is 15.0 Å². The number of benzene rings is 1. The van der Waals surface area contributed by atoms with Crippen LogP contribution >= 0.6 is 11.3 Å². The number of anilines is 5. The van der Waals surface area contributed by atoms with Crippen molar-refractivity contribution in [1.29, 1.82) is 0 Å². The summed E-state index contributed by atoms with van der Waals surface area (Å²) in [6.07, 6.45) is 4.24. The van der Waals surface area contributed by atoms with Crippen molar-refractivity contribution in [2.75, 3.05) is 48.6 Å². The lowest BCUT2D eigenvalue weighted by atomic mass is 10.2. The second kappa shape index (κ2) is 10.7. The summed E-state index contributed by atoms with van der Waals surface area (Å²) in [5.74, 6) is -0.0465. The molecule has 182 valence electrons. The number of rotatable bonds is 10. The Balaban J connectivity index is 2.14. The summed E-state index contributed by atoms with van der Waals surface area (Å²) in [5, 5.41) is 5.70. The van der Waals surface area contributed by atoms with Crippen molar-refractivity contribution in [3.63, 3.8) is 0 Å². The molecule has 0 atom stereocenters. The molecule has 0 saturated heterocycles. The molecule has 1 amide bonds. The third kappa shape index (κ3) is 5.55. The lowest BCUT2D eigenvalue weighted by molar-refractivity contribution is 0.0360. The van der Waals surface area contributed by atoms with Crippen molar-refractivity contribution >= 4 is 55.1 Å². The van der Waals surface area contributed by atoms with Crippen LogP contribution in [0, 0.1) is 0 Å². The second-order valence-electron chi connectivity index (χ2n) is 7.03. The van der Waals surface area contributed by atoms with Gasteiger partial charge in [-0.3, -0.25) is 13.9 Å². The van der Waals surface area contributed by atoms with Crippen LogP contribution in [0.2, 0.25) is 0 Å². The molecule has 11 nitrogen and oxygen atoms in total. The van der Waals surface area contributed by atoms with E-state index in [1.54, 1.807) is 49.3 Å². The molecular weight excluding hydrogens is 480 g/mol. The van der Waals surface area contributed by atoms with E-state index in [4.69, 9.17) is 9.57 Å². The first-order valence-corrected chi connectivity index (χ1v) is 12.8. The Kier molecular flexibility index (Phi) is 7.91. The van der Waals surface area contributed by atoms with Crippen LogP contribution in [0.1, 0.15) is 17.4 Å². The van der Waals surface area contributed by atoms with E-state index < -0.39 is 15.9 Å². The molecule has 3 rings (SSSR count). The minimum Gasteiger partial charge on any atom is -0.497 e. The number of ether oxygens (including phenoxy) is 1. The monoisotopic (exact) mass is 506 g/mol. The molecule has 2 N–H and O–H groups in total. The van der Waals surface area contributed by atoms with E-state index in [0.717, 1.165) is 10.6 Å². The van der Waals surface area contributed by atoms with E-state index in [9.17, 15) is 13.2 Å². The Bertz CT molecular complexity index is 1250. The standard InChI is InChI=1S/C21H26N6O5S2/c1-6-32-25-20(28)18-19(26(2)21-23-11-12-33-21)16(9-10-22-18)24-15-8-7-14(31-4)13-17(15)27(3)34(5,29)30/h7-13H,6H2,1-5H3,(H,22,24)(H,25,28). The Labute approximate surface area is 202 Å². The highest BCUT2D eigenvalue weighted by Gasteiger charge is 2.24. The summed E-state index contributed by atoms with van der Waals surface area (Å²) < 4.78 is 31.0. The average molecular weight is 507 g/mol. The molecule has 3 aromatic rings. The van der Waals surface area contributed by atoms with Crippen LogP contribution in [-0.2, 0) is 14.9 Å². The number of nitrogens with one attached hydrogen (secondary N) is 2. The molecule has 34 heavy (non-hydrogen) atoms. The Morgan fingerprint density at radius 2 is 1.91 bits per heavy atom. The third-order valence-corrected chi connectivity index (χ3v) is 6.84. The molecule has 2 aromatic heterocycles. The molecule has 0 saturated carbocycles. The number of aromatic nitrogens is 2. The van der Waals surface area contributed by atoms with E-state index in [1.807, 2.05) is 5.38 Å². The van der Waals surface area contributed by atoms with Crippen molar-refractivity contribution in [3.8, 4) is 5.75 Å². The SMILES string of the molecule is CCONC(=O)c1nccc(Nc2ccc(OC)cc2N(C)S(C)(=O)=O)c1N(C)c1nccs1. The number of pyridine rings is 1. The summed E-state index contributed by atoms with van der Waals surface area (Å²) in [4.78, 5) is 28.2. The van der Waals surface area contributed by atoms with Gasteiger partial charge in [0.05, 0.1) is 42.7 Å². The number of hydroxylamine groups is 1. The summed E-state index contributed by atoms with van der Waals surface area (Å²) >= 11 is 1.39. The van der Waals surface area contributed by atoms with Gasteiger partial charge >= 0.3 is 0 Å². The van der Waals surface area contributed by atoms with E-state index in [2.05, 4.69) is 20.8 Å². The molecule has 0 unspecified atom stereocenters. The maximum absolute atomic E-state index is 12.8. The van der Waals surface area contributed by atoms with Crippen LogP contribution in [0.15, 0.2) is 42.0 Å². The van der Waals surface area contributed by atoms with Gasteiger partial charge in [-0.15, -0.1) is 11.3 Å². The molecule has 13 heteroatoms. The van der Waals surface area contributed by atoms with Crippen molar-refractivity contribution in [2.45, 2.75) is 6.92 Å². The predicted octanol–water partition coefficient (Wildman–Crippen LogP) is 3.14. The molecule has 0 aliphatic carbocycles. The van der Waals surface area contributed by atoms with Crippen LogP contribution in [-0.4, -0.2) is 58.4 Å². The zero-order valence-electron chi connectivity index (χ0n) is 19.4. The van der Waals surface area contributed by atoms with Gasteiger partial charge in [-0.05, 0) is 25.1 Å². The summed E-state index contributed by atoms with van der Waals surface area (Å²) in [7, 11) is 1.15. The highest BCUT2D eigenvalue weighted by Crippen LogP contribution is 2.39. The maximum Gasteiger partial charge on any atom is 0.295 e. The van der Waals surface area contributed by atoms with Crippen molar-refractivity contribution in [1.82, 2.24) is 15.4 Å². The average Bonchev–Trinajstić information content (AvgIpc) is 3.36. The van der Waals surface area contributed by atoms with Crippen molar-refractivity contribution in [3.05, 3.63) is 47.7 Å². The Morgan fingerprint density at radius 1 is 1.15 bits per heavy atom. The molecule has 0 spiro atoms. The summed E-state index contributed by atoms with van der Waals surface area (Å²) in [6.45, 7) is 2.03. The van der Waals surface area contributed by atoms with Gasteiger partial charge in [-0.1, -0.05) is 0 Å². The number of methoxy groups -OCH3 is 1. The molecule has 0 aliphatic heterocycles. The van der Waals surface area contributed by atoms with Gasteiger partial charge in [-0.2, -0.15) is 0 Å². The number of hydrogen-bond acceptors (Lipinski definition) is 10. The van der Waals surface area contributed by atoms with E-state index in [0.29, 0.717) is 33.6 Å². The fraction of sp³-hybridized carbons (Fsp3) is 0.286. The topological polar surface area (TPSA) is 126 Å². The quantitative estimate of drug-likeness (QED) is 0.399. The zero-order valence-corrected chi connectivity index (χ0v) is 21.0. The number of carbonyl (C=O) groups is 1. The lowest BCUT2D eigenvalue weighted by Gasteiger charge is -2.25. The molecular formula is C21H26N6O5S2. The molecule has 2 heterocycles. The largest absolute Gasteiger partial charge is 0.497 e. The van der Waals surface area contributed by atoms with Crippen molar-refractivity contribution in [2.24, 2.45) is 0 Å². The Morgan fingerprint density at radius 3 is 2.53 bits per heavy atom. The van der Waals surface area contributed by atoms with Gasteiger partial charge in [0.2, 0.25) is 10.0 Å². The van der Waals surface area contributed by atoms with Crippen molar-refractivity contribution < 1.29 is 22.8 Å². The second-order valence-corrected chi connectivity index (χ2v) is 9.92. The zero-order chi connectivity index (χ0) is 24.9. The molecule has 0 fully saturated rings. The van der Waals surface area contributed by atoms with E-state index >= 15 is 0 Å². The van der Waals surface area contributed by atoms with E-state index in [-0.39, 0.29) is 12.3 Å². The number of sulfonamides is 1.